The van der Waals surface area contributed by atoms with Gasteiger partial charge in [-0.2, -0.15) is 0 Å². The molecule has 0 fully saturated rings. The lowest BCUT2D eigenvalue weighted by atomic mass is 9.86. The molecule has 0 spiro atoms. The van der Waals surface area contributed by atoms with Crippen LogP contribution in [-0.2, 0) is 20.2 Å². The number of nitrogens with one attached hydrogen (secondary N) is 1. The average molecular weight is 423 g/mol. The van der Waals surface area contributed by atoms with E-state index < -0.39 is 22.0 Å². The summed E-state index contributed by atoms with van der Waals surface area (Å²) >= 11 is 6.09. The van der Waals surface area contributed by atoms with E-state index in [1.54, 1.807) is 36.4 Å². The quantitative estimate of drug-likeness (QED) is 0.816. The second-order valence-corrected chi connectivity index (χ2v) is 10.1. The maximum absolute atomic E-state index is 12.7. The lowest BCUT2D eigenvalue weighted by Crippen LogP contribution is -2.48. The fourth-order valence-corrected chi connectivity index (χ4v) is 4.03. The van der Waals surface area contributed by atoms with Gasteiger partial charge in [-0.1, -0.05) is 50.6 Å². The Morgan fingerprint density at radius 2 is 1.89 bits per heavy atom. The van der Waals surface area contributed by atoms with Gasteiger partial charge in [0.25, 0.3) is 5.91 Å². The van der Waals surface area contributed by atoms with Crippen molar-refractivity contribution in [3.63, 3.8) is 0 Å². The molecular formula is C20H23ClN2O4S. The van der Waals surface area contributed by atoms with Crippen molar-refractivity contribution in [2.45, 2.75) is 32.3 Å². The van der Waals surface area contributed by atoms with Crippen LogP contribution in [0.25, 0.3) is 0 Å². The normalized spacial score (nSPS) is 16.9. The predicted octanol–water partition coefficient (Wildman–Crippen LogP) is 3.80. The van der Waals surface area contributed by atoms with Gasteiger partial charge in [0.05, 0.1) is 29.2 Å². The lowest BCUT2D eigenvalue weighted by Gasteiger charge is -2.35. The van der Waals surface area contributed by atoms with Crippen LogP contribution < -0.4 is 14.4 Å². The molecule has 1 atom stereocenters. The summed E-state index contributed by atoms with van der Waals surface area (Å²) in [7, 11) is -3.60. The van der Waals surface area contributed by atoms with E-state index in [4.69, 9.17) is 16.3 Å². The summed E-state index contributed by atoms with van der Waals surface area (Å²) in [5, 5.41) is 3.09. The fraction of sp³-hybridized carbons (Fsp3) is 0.350. The molecule has 150 valence electrons. The minimum atomic E-state index is -3.60. The van der Waals surface area contributed by atoms with Crippen LogP contribution in [0.1, 0.15) is 26.3 Å². The van der Waals surface area contributed by atoms with Crippen molar-refractivity contribution in [3.05, 3.63) is 53.1 Å². The van der Waals surface area contributed by atoms with Gasteiger partial charge in [-0.25, -0.2) is 8.42 Å². The third-order valence-electron chi connectivity index (χ3n) is 4.52. The molecule has 0 saturated carbocycles. The molecule has 1 amide bonds. The molecule has 0 unspecified atom stereocenters. The molecule has 28 heavy (non-hydrogen) atoms. The van der Waals surface area contributed by atoms with Gasteiger partial charge in [-0.15, -0.1) is 0 Å². The van der Waals surface area contributed by atoms with Crippen LogP contribution >= 0.6 is 11.6 Å². The molecule has 1 aliphatic rings. The number of carbonyl (C=O) groups is 1. The Bertz CT molecular complexity index is 1020. The summed E-state index contributed by atoms with van der Waals surface area (Å²) in [6.07, 6.45) is 0.119. The Balaban J connectivity index is 1.94. The first-order chi connectivity index (χ1) is 13.0. The highest BCUT2D eigenvalue weighted by atomic mass is 35.5. The van der Waals surface area contributed by atoms with E-state index in [0.29, 0.717) is 22.1 Å². The van der Waals surface area contributed by atoms with Gasteiger partial charge in [0, 0.05) is 0 Å². The Hall–Kier alpha value is -2.25. The summed E-state index contributed by atoms with van der Waals surface area (Å²) < 4.78 is 31.9. The van der Waals surface area contributed by atoms with E-state index in [-0.39, 0.29) is 12.0 Å². The highest BCUT2D eigenvalue weighted by Gasteiger charge is 2.36. The Kier molecular flexibility index (Phi) is 5.34. The van der Waals surface area contributed by atoms with Crippen molar-refractivity contribution < 1.29 is 17.9 Å². The third-order valence-corrected chi connectivity index (χ3v) is 6.00. The van der Waals surface area contributed by atoms with E-state index in [0.717, 1.165) is 11.8 Å². The number of sulfonamides is 1. The van der Waals surface area contributed by atoms with Gasteiger partial charge in [-0.05, 0) is 35.2 Å². The number of carbonyl (C=O) groups excluding carboxylic acids is 1. The van der Waals surface area contributed by atoms with Crippen molar-refractivity contribution in [1.82, 2.24) is 0 Å². The topological polar surface area (TPSA) is 75.7 Å². The maximum Gasteiger partial charge on any atom is 0.267 e. The summed E-state index contributed by atoms with van der Waals surface area (Å²) in [6, 6.07) is 12.2. The molecule has 8 heteroatoms. The van der Waals surface area contributed by atoms with Crippen molar-refractivity contribution >= 4 is 38.9 Å². The highest BCUT2D eigenvalue weighted by Crippen LogP contribution is 2.38. The first kappa shape index (κ1) is 20.5. The molecule has 0 aliphatic carbocycles. The highest BCUT2D eigenvalue weighted by molar-refractivity contribution is 7.92. The van der Waals surface area contributed by atoms with Gasteiger partial charge >= 0.3 is 0 Å². The second kappa shape index (κ2) is 7.29. The van der Waals surface area contributed by atoms with Crippen LogP contribution in [0.15, 0.2) is 42.5 Å². The number of benzene rings is 2. The van der Waals surface area contributed by atoms with E-state index in [2.05, 4.69) is 5.32 Å². The fourth-order valence-electron chi connectivity index (χ4n) is 2.94. The lowest BCUT2D eigenvalue weighted by molar-refractivity contribution is -0.122. The molecule has 6 nitrogen and oxygen atoms in total. The van der Waals surface area contributed by atoms with Crippen molar-refractivity contribution in [1.29, 1.82) is 0 Å². The number of nitrogens with zero attached hydrogens (tertiary/aromatic N) is 1. The summed E-state index contributed by atoms with van der Waals surface area (Å²) in [6.45, 7) is 6.02. The zero-order valence-corrected chi connectivity index (χ0v) is 17.8. The number of hydrogen-bond acceptors (Lipinski definition) is 4. The maximum atomic E-state index is 12.7. The number of halogens is 1. The number of hydrogen-bond donors (Lipinski definition) is 1. The van der Waals surface area contributed by atoms with Gasteiger partial charge in [0.1, 0.15) is 5.75 Å². The molecule has 0 saturated heterocycles. The van der Waals surface area contributed by atoms with Gasteiger partial charge in [-0.3, -0.25) is 9.10 Å². The van der Waals surface area contributed by atoms with E-state index in [9.17, 15) is 13.2 Å². The average Bonchev–Trinajstić information content (AvgIpc) is 2.60. The molecule has 0 bridgehead atoms. The summed E-state index contributed by atoms with van der Waals surface area (Å²) in [5.74, 6) is -0.115. The molecule has 0 aromatic heterocycles. The smallest absolute Gasteiger partial charge is 0.267 e. The van der Waals surface area contributed by atoms with Crippen LogP contribution in [0.2, 0.25) is 5.02 Å². The second-order valence-electron chi connectivity index (χ2n) is 7.80. The Morgan fingerprint density at radius 3 is 2.50 bits per heavy atom. The van der Waals surface area contributed by atoms with Crippen molar-refractivity contribution in [3.8, 4) is 5.75 Å². The molecule has 1 heterocycles. The number of para-hydroxylation sites is 1. The Morgan fingerprint density at radius 1 is 1.21 bits per heavy atom. The van der Waals surface area contributed by atoms with Crippen LogP contribution in [-0.4, -0.2) is 33.2 Å². The number of fused-ring (bicyclic) bond motifs is 1. The first-order valence-corrected chi connectivity index (χ1v) is 11.0. The number of ether oxygens (including phenoxy) is 1. The zero-order valence-electron chi connectivity index (χ0n) is 16.2. The van der Waals surface area contributed by atoms with E-state index in [1.807, 2.05) is 26.8 Å². The van der Waals surface area contributed by atoms with E-state index >= 15 is 0 Å². The van der Waals surface area contributed by atoms with Crippen molar-refractivity contribution in [2.75, 3.05) is 22.4 Å². The SMILES string of the molecule is CC(C)(C)c1ccc2c(c1)N(S(C)(=O)=O)C[C@@H](C(=O)Nc1ccccc1Cl)O2. The zero-order chi connectivity index (χ0) is 20.7. The standard InChI is InChI=1S/C20H23ClN2O4S/c1-20(2,3)13-9-10-17-16(11-13)23(28(4,25)26)12-18(27-17)19(24)22-15-8-6-5-7-14(15)21/h5-11,18H,12H2,1-4H3,(H,22,24)/t18-/m0/s1. The number of anilines is 2. The third kappa shape index (κ3) is 4.25. The van der Waals surface area contributed by atoms with Gasteiger partial charge in [0.2, 0.25) is 10.0 Å². The molecule has 1 N–H and O–H groups in total. The molecule has 3 rings (SSSR count). The molecular weight excluding hydrogens is 400 g/mol. The minimum absolute atomic E-state index is 0.115. The molecule has 2 aromatic rings. The van der Waals surface area contributed by atoms with Crippen LogP contribution in [0.5, 0.6) is 5.75 Å². The Labute approximate surface area is 170 Å². The number of rotatable bonds is 3. The first-order valence-electron chi connectivity index (χ1n) is 8.81. The van der Waals surface area contributed by atoms with Gasteiger partial charge in [0.15, 0.2) is 6.10 Å². The molecule has 0 radical (unpaired) electrons. The molecule has 1 aliphatic heterocycles. The largest absolute Gasteiger partial charge is 0.476 e. The van der Waals surface area contributed by atoms with Crippen LogP contribution in [0, 0.1) is 0 Å². The van der Waals surface area contributed by atoms with Crippen LogP contribution in [0.4, 0.5) is 11.4 Å². The predicted molar refractivity (Wildman–Crippen MR) is 112 cm³/mol. The van der Waals surface area contributed by atoms with Crippen molar-refractivity contribution in [2.24, 2.45) is 0 Å². The summed E-state index contributed by atoms with van der Waals surface area (Å²) in [4.78, 5) is 12.7. The van der Waals surface area contributed by atoms with Crippen LogP contribution in [0.3, 0.4) is 0 Å². The summed E-state index contributed by atoms with van der Waals surface area (Å²) in [5.41, 5.74) is 1.70. The monoisotopic (exact) mass is 422 g/mol. The molecule has 2 aromatic carbocycles. The minimum Gasteiger partial charge on any atom is -0.476 e. The van der Waals surface area contributed by atoms with Gasteiger partial charge < -0.3 is 10.1 Å². The van der Waals surface area contributed by atoms with E-state index in [1.165, 1.54) is 4.31 Å². The number of amides is 1.